The number of aryl methyl sites for hydroxylation is 1. The van der Waals surface area contributed by atoms with Crippen molar-refractivity contribution >= 4 is 0 Å². The van der Waals surface area contributed by atoms with E-state index in [0.29, 0.717) is 18.9 Å². The van der Waals surface area contributed by atoms with E-state index in [4.69, 9.17) is 15.0 Å². The molecule has 0 aromatic carbocycles. The Labute approximate surface area is 103 Å². The zero-order valence-corrected chi connectivity index (χ0v) is 11.2. The van der Waals surface area contributed by atoms with E-state index in [-0.39, 0.29) is 11.5 Å². The third-order valence-electron chi connectivity index (χ3n) is 2.43. The van der Waals surface area contributed by atoms with Crippen LogP contribution in [-0.4, -0.2) is 29.9 Å². The summed E-state index contributed by atoms with van der Waals surface area (Å²) in [4.78, 5) is 4.32. The molecule has 2 N–H and O–H groups in total. The number of hydrogen-bond donors (Lipinski definition) is 1. The molecule has 0 fully saturated rings. The van der Waals surface area contributed by atoms with Gasteiger partial charge in [-0.3, -0.25) is 0 Å². The average Bonchev–Trinajstić information content (AvgIpc) is 2.62. The van der Waals surface area contributed by atoms with Crippen LogP contribution in [0.1, 0.15) is 38.9 Å². The summed E-state index contributed by atoms with van der Waals surface area (Å²) in [6, 6.07) is -0.0871. The van der Waals surface area contributed by atoms with Crippen molar-refractivity contribution in [3.8, 4) is 0 Å². The molecule has 0 aliphatic heterocycles. The molecule has 1 heterocycles. The van der Waals surface area contributed by atoms with Gasteiger partial charge in [-0.05, 0) is 11.8 Å². The first kappa shape index (κ1) is 14.1. The molecule has 98 valence electrons. The predicted octanol–water partition coefficient (Wildman–Crippen LogP) is 1.56. The van der Waals surface area contributed by atoms with Gasteiger partial charge >= 0.3 is 0 Å². The smallest absolute Gasteiger partial charge is 0.228 e. The highest BCUT2D eigenvalue weighted by Gasteiger charge is 2.14. The van der Waals surface area contributed by atoms with E-state index >= 15 is 0 Å². The first-order valence-electron chi connectivity index (χ1n) is 5.96. The molecule has 0 saturated carbocycles. The topological polar surface area (TPSA) is 74.2 Å². The number of hydrogen-bond acceptors (Lipinski definition) is 5. The minimum absolute atomic E-state index is 0.0871. The second kappa shape index (κ2) is 6.12. The number of methoxy groups -OCH3 is 1. The van der Waals surface area contributed by atoms with Crippen molar-refractivity contribution in [3.63, 3.8) is 0 Å². The molecule has 1 unspecified atom stereocenters. The van der Waals surface area contributed by atoms with E-state index in [9.17, 15) is 0 Å². The van der Waals surface area contributed by atoms with Gasteiger partial charge in [0.15, 0.2) is 5.82 Å². The van der Waals surface area contributed by atoms with Gasteiger partial charge < -0.3 is 15.0 Å². The van der Waals surface area contributed by atoms with Crippen LogP contribution in [0.3, 0.4) is 0 Å². The van der Waals surface area contributed by atoms with Crippen LogP contribution >= 0.6 is 0 Å². The minimum atomic E-state index is -0.0871. The molecule has 1 aromatic heterocycles. The van der Waals surface area contributed by atoms with Gasteiger partial charge in [-0.25, -0.2) is 0 Å². The maximum Gasteiger partial charge on any atom is 0.228 e. The molecule has 0 spiro atoms. The predicted molar refractivity (Wildman–Crippen MR) is 65.6 cm³/mol. The van der Waals surface area contributed by atoms with Crippen molar-refractivity contribution in [2.45, 2.75) is 46.1 Å². The van der Waals surface area contributed by atoms with E-state index in [1.54, 1.807) is 7.11 Å². The molecule has 5 heteroatoms. The lowest BCUT2D eigenvalue weighted by Gasteiger charge is -2.15. The van der Waals surface area contributed by atoms with E-state index in [2.05, 4.69) is 30.9 Å². The van der Waals surface area contributed by atoms with Gasteiger partial charge in [0.05, 0.1) is 6.61 Å². The normalized spacial score (nSPS) is 13.9. The van der Waals surface area contributed by atoms with Gasteiger partial charge in [-0.2, -0.15) is 4.98 Å². The number of aromatic nitrogens is 2. The fourth-order valence-electron chi connectivity index (χ4n) is 1.46. The summed E-state index contributed by atoms with van der Waals surface area (Å²) < 4.78 is 10.1. The van der Waals surface area contributed by atoms with Crippen molar-refractivity contribution < 1.29 is 9.26 Å². The SMILES string of the molecule is COCC(N)Cc1nc(CCC(C)(C)C)no1. The summed E-state index contributed by atoms with van der Waals surface area (Å²) in [5.74, 6) is 1.36. The van der Waals surface area contributed by atoms with Gasteiger partial charge in [-0.15, -0.1) is 0 Å². The Morgan fingerprint density at radius 3 is 2.71 bits per heavy atom. The van der Waals surface area contributed by atoms with Crippen molar-refractivity contribution in [2.75, 3.05) is 13.7 Å². The zero-order chi connectivity index (χ0) is 12.9. The largest absolute Gasteiger partial charge is 0.383 e. The quantitative estimate of drug-likeness (QED) is 0.818. The highest BCUT2D eigenvalue weighted by Crippen LogP contribution is 2.20. The summed E-state index contributed by atoms with van der Waals surface area (Å²) in [5, 5.41) is 3.95. The molecule has 0 radical (unpaired) electrons. The van der Waals surface area contributed by atoms with E-state index in [0.717, 1.165) is 18.7 Å². The second-order valence-electron chi connectivity index (χ2n) is 5.58. The first-order valence-corrected chi connectivity index (χ1v) is 5.96. The molecule has 0 aliphatic rings. The Bertz CT molecular complexity index is 331. The molecular formula is C12H23N3O2. The number of ether oxygens (including phenoxy) is 1. The average molecular weight is 241 g/mol. The molecule has 0 amide bonds. The van der Waals surface area contributed by atoms with Crippen LogP contribution in [0, 0.1) is 5.41 Å². The van der Waals surface area contributed by atoms with Gasteiger partial charge in [-0.1, -0.05) is 25.9 Å². The van der Waals surface area contributed by atoms with E-state index in [1.807, 2.05) is 0 Å². The van der Waals surface area contributed by atoms with E-state index in [1.165, 1.54) is 0 Å². The molecule has 1 aromatic rings. The van der Waals surface area contributed by atoms with Crippen molar-refractivity contribution in [3.05, 3.63) is 11.7 Å². The molecule has 0 aliphatic carbocycles. The van der Waals surface area contributed by atoms with Crippen LogP contribution in [0.2, 0.25) is 0 Å². The van der Waals surface area contributed by atoms with Crippen LogP contribution in [0.4, 0.5) is 0 Å². The molecule has 0 saturated heterocycles. The third kappa shape index (κ3) is 5.79. The number of nitrogens with zero attached hydrogens (tertiary/aromatic N) is 2. The standard InChI is InChI=1S/C12H23N3O2/c1-12(2,3)6-5-10-14-11(17-15-10)7-9(13)8-16-4/h9H,5-8,13H2,1-4H3. The van der Waals surface area contributed by atoms with Crippen molar-refractivity contribution in [2.24, 2.45) is 11.1 Å². The molecular weight excluding hydrogens is 218 g/mol. The Morgan fingerprint density at radius 2 is 2.12 bits per heavy atom. The van der Waals surface area contributed by atoms with Crippen LogP contribution < -0.4 is 5.73 Å². The van der Waals surface area contributed by atoms with Crippen LogP contribution in [0.5, 0.6) is 0 Å². The monoisotopic (exact) mass is 241 g/mol. The van der Waals surface area contributed by atoms with Crippen molar-refractivity contribution in [1.82, 2.24) is 10.1 Å². The maximum atomic E-state index is 5.82. The summed E-state index contributed by atoms with van der Waals surface area (Å²) in [5.41, 5.74) is 6.10. The Morgan fingerprint density at radius 1 is 1.41 bits per heavy atom. The van der Waals surface area contributed by atoms with Crippen LogP contribution in [0.15, 0.2) is 4.52 Å². The molecule has 0 bridgehead atoms. The molecule has 1 rings (SSSR count). The summed E-state index contributed by atoms with van der Waals surface area (Å²) >= 11 is 0. The third-order valence-corrected chi connectivity index (χ3v) is 2.43. The van der Waals surface area contributed by atoms with Gasteiger partial charge in [0.2, 0.25) is 5.89 Å². The number of nitrogens with two attached hydrogens (primary N) is 1. The van der Waals surface area contributed by atoms with Gasteiger partial charge in [0.25, 0.3) is 0 Å². The first-order chi connectivity index (χ1) is 7.90. The molecule has 5 nitrogen and oxygen atoms in total. The lowest BCUT2D eigenvalue weighted by atomic mass is 9.90. The molecule has 1 atom stereocenters. The van der Waals surface area contributed by atoms with Crippen molar-refractivity contribution in [1.29, 1.82) is 0 Å². The Kier molecular flexibility index (Phi) is 5.08. The highest BCUT2D eigenvalue weighted by molar-refractivity contribution is 4.90. The molecule has 17 heavy (non-hydrogen) atoms. The van der Waals surface area contributed by atoms with Crippen LogP contribution in [-0.2, 0) is 17.6 Å². The van der Waals surface area contributed by atoms with E-state index < -0.39 is 0 Å². The lowest BCUT2D eigenvalue weighted by Crippen LogP contribution is -2.28. The van der Waals surface area contributed by atoms with Gasteiger partial charge in [0, 0.05) is 26.0 Å². The van der Waals surface area contributed by atoms with Gasteiger partial charge in [0.1, 0.15) is 0 Å². The summed E-state index contributed by atoms with van der Waals surface area (Å²) in [7, 11) is 1.63. The maximum absolute atomic E-state index is 5.82. The Balaban J connectivity index is 2.42. The fraction of sp³-hybridized carbons (Fsp3) is 0.833. The fourth-order valence-corrected chi connectivity index (χ4v) is 1.46. The zero-order valence-electron chi connectivity index (χ0n) is 11.2. The second-order valence-corrected chi connectivity index (χ2v) is 5.58. The minimum Gasteiger partial charge on any atom is -0.383 e. The summed E-state index contributed by atoms with van der Waals surface area (Å²) in [6.07, 6.45) is 2.44. The van der Waals surface area contributed by atoms with Crippen LogP contribution in [0.25, 0.3) is 0 Å². The highest BCUT2D eigenvalue weighted by atomic mass is 16.5. The number of rotatable bonds is 6. The summed E-state index contributed by atoms with van der Waals surface area (Å²) in [6.45, 7) is 7.09. The Hall–Kier alpha value is -0.940. The lowest BCUT2D eigenvalue weighted by molar-refractivity contribution is 0.176.